The van der Waals surface area contributed by atoms with Crippen molar-refractivity contribution in [2.24, 2.45) is 0 Å². The number of nitrogens with one attached hydrogen (secondary N) is 3. The fourth-order valence-electron chi connectivity index (χ4n) is 2.67. The van der Waals surface area contributed by atoms with Crippen LogP contribution < -0.4 is 20.3 Å². The van der Waals surface area contributed by atoms with Gasteiger partial charge in [0.2, 0.25) is 5.88 Å². The van der Waals surface area contributed by atoms with Gasteiger partial charge >= 0.3 is 0 Å². The number of morpholine rings is 1. The maximum absolute atomic E-state index is 12.3. The third-order valence-electron chi connectivity index (χ3n) is 3.90. The van der Waals surface area contributed by atoms with E-state index in [2.05, 4.69) is 41.4 Å². The van der Waals surface area contributed by atoms with Crippen molar-refractivity contribution in [3.8, 4) is 5.88 Å². The van der Waals surface area contributed by atoms with E-state index < -0.39 is 5.91 Å². The van der Waals surface area contributed by atoms with E-state index in [1.54, 1.807) is 7.05 Å². The van der Waals surface area contributed by atoms with Crippen LogP contribution in [0.1, 0.15) is 0 Å². The van der Waals surface area contributed by atoms with Gasteiger partial charge in [-0.1, -0.05) is 11.3 Å². The molecule has 0 radical (unpaired) electrons. The van der Waals surface area contributed by atoms with Crippen molar-refractivity contribution < 1.29 is 14.3 Å². The molecule has 0 unspecified atom stereocenters. The molecule has 27 heavy (non-hydrogen) atoms. The van der Waals surface area contributed by atoms with E-state index in [0.717, 1.165) is 29.7 Å². The van der Waals surface area contributed by atoms with Gasteiger partial charge in [0, 0.05) is 32.6 Å². The second-order valence-electron chi connectivity index (χ2n) is 5.54. The zero-order valence-electron chi connectivity index (χ0n) is 14.8. The molecule has 0 saturated carbocycles. The fourth-order valence-corrected chi connectivity index (χ4v) is 4.44. The van der Waals surface area contributed by atoms with Crippen LogP contribution in [-0.4, -0.2) is 62.6 Å². The second-order valence-corrected chi connectivity index (χ2v) is 7.29. The number of amides is 1. The number of rotatable bonds is 6. The molecule has 1 aliphatic rings. The van der Waals surface area contributed by atoms with Crippen LogP contribution in [0.4, 0.5) is 10.8 Å². The molecule has 2 aromatic rings. The van der Waals surface area contributed by atoms with E-state index in [1.165, 1.54) is 24.6 Å². The van der Waals surface area contributed by atoms with Crippen molar-refractivity contribution in [3.63, 3.8) is 0 Å². The minimum absolute atomic E-state index is 0.191. The topological polar surface area (TPSA) is 112 Å². The molecule has 0 spiro atoms. The quantitative estimate of drug-likeness (QED) is 0.347. The Labute approximate surface area is 168 Å². The van der Waals surface area contributed by atoms with Crippen LogP contribution in [0.25, 0.3) is 10.2 Å². The molecule has 11 heteroatoms. The molecular weight excluding hydrogens is 436 g/mol. The van der Waals surface area contributed by atoms with Crippen LogP contribution in [0, 0.1) is 5.41 Å². The van der Waals surface area contributed by atoms with E-state index >= 15 is 0 Å². The van der Waals surface area contributed by atoms with Crippen molar-refractivity contribution in [1.29, 1.82) is 5.41 Å². The van der Waals surface area contributed by atoms with Crippen LogP contribution in [0.15, 0.2) is 16.4 Å². The number of carbonyl (C=O) groups excluding carboxylic acids is 1. The molecule has 9 nitrogen and oxygen atoms in total. The number of nitrogens with zero attached hydrogens (tertiary/aromatic N) is 3. The number of fused-ring (bicyclic) bond motifs is 1. The Hall–Kier alpha value is -2.24. The van der Waals surface area contributed by atoms with Crippen LogP contribution in [0.5, 0.6) is 5.88 Å². The first-order valence-electron chi connectivity index (χ1n) is 8.15. The normalized spacial score (nSPS) is 14.9. The highest BCUT2D eigenvalue weighted by atomic mass is 79.9. The predicted molar refractivity (Wildman–Crippen MR) is 109 cm³/mol. The molecule has 0 aromatic carbocycles. The maximum atomic E-state index is 12.3. The van der Waals surface area contributed by atoms with Crippen LogP contribution in [0.3, 0.4) is 0 Å². The Kier molecular flexibility index (Phi) is 6.24. The Morgan fingerprint density at radius 2 is 2.15 bits per heavy atom. The lowest BCUT2D eigenvalue weighted by Crippen LogP contribution is -2.36. The first-order valence-corrected chi connectivity index (χ1v) is 9.76. The Morgan fingerprint density at radius 1 is 1.41 bits per heavy atom. The zero-order chi connectivity index (χ0) is 19.4. The van der Waals surface area contributed by atoms with E-state index in [-0.39, 0.29) is 5.57 Å². The molecule has 1 saturated heterocycles. The molecule has 3 heterocycles. The number of ether oxygens (including phenoxy) is 2. The predicted octanol–water partition coefficient (Wildman–Crippen LogP) is 1.99. The van der Waals surface area contributed by atoms with Gasteiger partial charge in [-0.15, -0.1) is 0 Å². The fraction of sp³-hybridized carbons (Fsp3) is 0.375. The largest absolute Gasteiger partial charge is 0.479 e. The van der Waals surface area contributed by atoms with Crippen molar-refractivity contribution in [2.75, 3.05) is 50.7 Å². The molecule has 1 aliphatic heterocycles. The van der Waals surface area contributed by atoms with E-state index in [1.807, 2.05) is 0 Å². The first kappa shape index (κ1) is 19.5. The monoisotopic (exact) mass is 454 g/mol. The highest BCUT2D eigenvalue weighted by Crippen LogP contribution is 2.42. The summed E-state index contributed by atoms with van der Waals surface area (Å²) in [6, 6.07) is 0. The maximum Gasteiger partial charge on any atom is 0.260 e. The number of carbonyl (C=O) groups is 1. The number of aromatic nitrogens is 2. The summed E-state index contributed by atoms with van der Waals surface area (Å²) < 4.78 is 12.3. The van der Waals surface area contributed by atoms with Crippen LogP contribution in [0.2, 0.25) is 0 Å². The molecule has 2 aromatic heterocycles. The van der Waals surface area contributed by atoms with E-state index in [4.69, 9.17) is 14.9 Å². The SMILES string of the molecule is CN/C=C(\C=N)C(=O)Nc1nc2c(OC)nc(Br)c(N3CCOCC3)c2s1. The second kappa shape index (κ2) is 8.63. The summed E-state index contributed by atoms with van der Waals surface area (Å²) in [5.74, 6) is -0.0407. The van der Waals surface area contributed by atoms with Gasteiger partial charge in [0.05, 0.1) is 36.3 Å². The molecule has 0 atom stereocenters. The number of anilines is 2. The number of methoxy groups -OCH3 is 1. The van der Waals surface area contributed by atoms with Crippen molar-refractivity contribution in [2.45, 2.75) is 0 Å². The van der Waals surface area contributed by atoms with Gasteiger partial charge in [0.25, 0.3) is 5.91 Å². The lowest BCUT2D eigenvalue weighted by atomic mass is 10.3. The lowest BCUT2D eigenvalue weighted by Gasteiger charge is -2.29. The number of thiazole rings is 1. The molecule has 0 aliphatic carbocycles. The molecule has 3 rings (SSSR count). The Balaban J connectivity index is 2.03. The minimum Gasteiger partial charge on any atom is -0.479 e. The number of hydrogen-bond donors (Lipinski definition) is 3. The average Bonchev–Trinajstić information content (AvgIpc) is 3.09. The number of pyridine rings is 1. The summed E-state index contributed by atoms with van der Waals surface area (Å²) in [6.07, 6.45) is 2.44. The summed E-state index contributed by atoms with van der Waals surface area (Å²) in [5.41, 5.74) is 1.68. The molecule has 144 valence electrons. The van der Waals surface area contributed by atoms with Gasteiger partial charge in [0.15, 0.2) is 5.13 Å². The van der Waals surface area contributed by atoms with Gasteiger partial charge in [-0.05, 0) is 15.9 Å². The standard InChI is InChI=1S/C16H19BrN6O3S/c1-19-8-9(7-18)14(24)22-16-20-10-12(27-16)11(13(17)21-15(10)25-2)23-3-5-26-6-4-23/h7-8,18-19H,3-6H2,1-2H3,(H,20,22,24)/b9-8+,18-7?. The van der Waals surface area contributed by atoms with Gasteiger partial charge in [0.1, 0.15) is 10.1 Å². The minimum atomic E-state index is -0.419. The number of halogens is 1. The molecular formula is C16H19BrN6O3S. The first-order chi connectivity index (χ1) is 13.1. The van der Waals surface area contributed by atoms with Crippen LogP contribution in [-0.2, 0) is 9.53 Å². The molecule has 3 N–H and O–H groups in total. The average molecular weight is 455 g/mol. The van der Waals surface area contributed by atoms with Gasteiger partial charge in [-0.2, -0.15) is 0 Å². The summed E-state index contributed by atoms with van der Waals surface area (Å²) in [5, 5.41) is 13.2. The molecule has 0 bridgehead atoms. The summed E-state index contributed by atoms with van der Waals surface area (Å²) >= 11 is 4.87. The third-order valence-corrected chi connectivity index (χ3v) is 5.43. The Bertz CT molecular complexity index is 894. The lowest BCUT2D eigenvalue weighted by molar-refractivity contribution is -0.112. The summed E-state index contributed by atoms with van der Waals surface area (Å²) in [7, 11) is 3.19. The molecule has 1 fully saturated rings. The van der Waals surface area contributed by atoms with E-state index in [9.17, 15) is 4.79 Å². The van der Waals surface area contributed by atoms with E-state index in [0.29, 0.717) is 34.3 Å². The summed E-state index contributed by atoms with van der Waals surface area (Å²) in [4.78, 5) is 23.5. The van der Waals surface area contributed by atoms with Crippen LogP contribution >= 0.6 is 27.3 Å². The highest BCUT2D eigenvalue weighted by molar-refractivity contribution is 9.10. The smallest absolute Gasteiger partial charge is 0.260 e. The zero-order valence-corrected chi connectivity index (χ0v) is 17.2. The third kappa shape index (κ3) is 4.04. The Morgan fingerprint density at radius 3 is 2.78 bits per heavy atom. The van der Waals surface area contributed by atoms with Crippen molar-refractivity contribution >= 4 is 60.4 Å². The van der Waals surface area contributed by atoms with Gasteiger partial charge in [-0.3, -0.25) is 10.1 Å². The van der Waals surface area contributed by atoms with Crippen molar-refractivity contribution in [3.05, 3.63) is 16.4 Å². The highest BCUT2D eigenvalue weighted by Gasteiger charge is 2.24. The molecule has 1 amide bonds. The number of hydrogen-bond acceptors (Lipinski definition) is 9. The van der Waals surface area contributed by atoms with Crippen molar-refractivity contribution in [1.82, 2.24) is 15.3 Å². The van der Waals surface area contributed by atoms with Gasteiger partial charge in [-0.25, -0.2) is 9.97 Å². The summed E-state index contributed by atoms with van der Waals surface area (Å²) in [6.45, 7) is 2.76. The van der Waals surface area contributed by atoms with Gasteiger partial charge < -0.3 is 25.1 Å².